The molecule has 21 heavy (non-hydrogen) atoms. The summed E-state index contributed by atoms with van der Waals surface area (Å²) >= 11 is 1.39. The molecule has 1 fully saturated rings. The highest BCUT2D eigenvalue weighted by molar-refractivity contribution is 8.00. The van der Waals surface area contributed by atoms with E-state index >= 15 is 0 Å². The predicted octanol–water partition coefficient (Wildman–Crippen LogP) is 4.02. The maximum Gasteiger partial charge on any atom is 0.201 e. The maximum absolute atomic E-state index is 9.07. The Hall–Kier alpha value is -2.39. The number of hydrogen-bond donors (Lipinski definition) is 2. The lowest BCUT2D eigenvalue weighted by Crippen LogP contribution is -1.87. The number of para-hydroxylation sites is 1. The number of hydrogen-bond acceptors (Lipinski definition) is 5. The number of nitrogens with zero attached hydrogens (tertiary/aromatic N) is 2. The summed E-state index contributed by atoms with van der Waals surface area (Å²) in [6, 6.07) is 8.00. The fourth-order valence-corrected chi connectivity index (χ4v) is 2.89. The van der Waals surface area contributed by atoms with Gasteiger partial charge in [-0.15, -0.1) is 0 Å². The average Bonchev–Trinajstić information content (AvgIpc) is 3.11. The Kier molecular flexibility index (Phi) is 2.86. The van der Waals surface area contributed by atoms with E-state index in [0.29, 0.717) is 11.5 Å². The first-order chi connectivity index (χ1) is 10.3. The van der Waals surface area contributed by atoms with Gasteiger partial charge in [-0.25, -0.2) is 4.98 Å². The summed E-state index contributed by atoms with van der Waals surface area (Å²) < 4.78 is 8.95. The van der Waals surface area contributed by atoms with E-state index in [1.54, 1.807) is 12.4 Å². The van der Waals surface area contributed by atoms with Crippen LogP contribution in [0.4, 0.5) is 5.69 Å². The number of fused-ring (bicyclic) bond motifs is 1. The summed E-state index contributed by atoms with van der Waals surface area (Å²) in [5.74, 6) is 1.36. The first-order valence-electron chi connectivity index (χ1n) is 6.74. The van der Waals surface area contributed by atoms with Crippen LogP contribution >= 0.6 is 11.9 Å². The lowest BCUT2D eigenvalue weighted by molar-refractivity contribution is 0.425. The molecule has 0 bridgehead atoms. The van der Waals surface area contributed by atoms with E-state index in [9.17, 15) is 0 Å². The fourth-order valence-electron chi connectivity index (χ4n) is 2.28. The van der Waals surface area contributed by atoms with Gasteiger partial charge in [0.25, 0.3) is 0 Å². The van der Waals surface area contributed by atoms with E-state index in [2.05, 4.69) is 20.8 Å². The molecule has 0 unspecified atom stereocenters. The molecular formula is C15H12N4OS. The molecule has 0 aliphatic heterocycles. The Morgan fingerprint density at radius 3 is 3.14 bits per heavy atom. The van der Waals surface area contributed by atoms with Gasteiger partial charge < -0.3 is 14.1 Å². The zero-order valence-corrected chi connectivity index (χ0v) is 11.9. The Balaban J connectivity index is 1.56. The Morgan fingerprint density at radius 2 is 2.33 bits per heavy atom. The van der Waals surface area contributed by atoms with Crippen molar-refractivity contribution < 1.29 is 4.42 Å². The van der Waals surface area contributed by atoms with Crippen molar-refractivity contribution >= 4 is 28.5 Å². The van der Waals surface area contributed by atoms with Crippen LogP contribution in [-0.4, -0.2) is 9.97 Å². The molecule has 104 valence electrons. The highest BCUT2D eigenvalue weighted by Crippen LogP contribution is 2.40. The SMILES string of the molecule is N#Cc1c[nH]c2c(NSc3cnc(C4CC4)o3)cccc12. The fraction of sp³-hybridized carbons (Fsp3) is 0.200. The molecule has 0 atom stereocenters. The molecule has 6 heteroatoms. The topological polar surface area (TPSA) is 77.6 Å². The van der Waals surface area contributed by atoms with Gasteiger partial charge in [-0.1, -0.05) is 12.1 Å². The minimum atomic E-state index is 0.518. The van der Waals surface area contributed by atoms with Crippen molar-refractivity contribution in [1.29, 1.82) is 5.26 Å². The molecule has 0 spiro atoms. The van der Waals surface area contributed by atoms with Crippen molar-refractivity contribution in [2.24, 2.45) is 0 Å². The number of anilines is 1. The minimum Gasteiger partial charge on any atom is -0.432 e. The van der Waals surface area contributed by atoms with E-state index in [1.807, 2.05) is 18.2 Å². The molecule has 0 amide bonds. The van der Waals surface area contributed by atoms with Crippen LogP contribution in [0.15, 0.2) is 40.1 Å². The Labute approximate surface area is 125 Å². The zero-order chi connectivity index (χ0) is 14.2. The van der Waals surface area contributed by atoms with Crippen LogP contribution in [-0.2, 0) is 0 Å². The van der Waals surface area contributed by atoms with Gasteiger partial charge >= 0.3 is 0 Å². The molecule has 1 aliphatic rings. The van der Waals surface area contributed by atoms with Crippen molar-refractivity contribution in [2.75, 3.05) is 4.72 Å². The van der Waals surface area contributed by atoms with Crippen LogP contribution in [0.1, 0.15) is 30.2 Å². The van der Waals surface area contributed by atoms with Crippen LogP contribution in [0.3, 0.4) is 0 Å². The molecule has 0 radical (unpaired) electrons. The van der Waals surface area contributed by atoms with Gasteiger partial charge in [0.05, 0.1) is 23.0 Å². The van der Waals surface area contributed by atoms with Crippen molar-refractivity contribution in [2.45, 2.75) is 23.9 Å². The predicted molar refractivity (Wildman–Crippen MR) is 81.0 cm³/mol. The van der Waals surface area contributed by atoms with Gasteiger partial charge in [0, 0.05) is 29.4 Å². The van der Waals surface area contributed by atoms with E-state index in [1.165, 1.54) is 24.8 Å². The minimum absolute atomic E-state index is 0.518. The molecule has 3 aromatic rings. The second kappa shape index (κ2) is 4.86. The maximum atomic E-state index is 9.07. The first kappa shape index (κ1) is 12.4. The molecule has 2 aromatic heterocycles. The summed E-state index contributed by atoms with van der Waals surface area (Å²) in [7, 11) is 0. The summed E-state index contributed by atoms with van der Waals surface area (Å²) in [5.41, 5.74) is 2.49. The third kappa shape index (κ3) is 2.26. The third-order valence-electron chi connectivity index (χ3n) is 3.53. The van der Waals surface area contributed by atoms with E-state index in [0.717, 1.165) is 27.6 Å². The zero-order valence-electron chi connectivity index (χ0n) is 11.1. The van der Waals surface area contributed by atoms with Crippen LogP contribution in [0.5, 0.6) is 0 Å². The van der Waals surface area contributed by atoms with Crippen molar-refractivity contribution in [3.05, 3.63) is 42.0 Å². The van der Waals surface area contributed by atoms with Gasteiger partial charge in [-0.05, 0) is 18.9 Å². The number of aromatic nitrogens is 2. The molecule has 4 rings (SSSR count). The molecule has 1 aromatic carbocycles. The summed E-state index contributed by atoms with van der Waals surface area (Å²) in [6.07, 6.45) is 5.83. The Morgan fingerprint density at radius 1 is 1.43 bits per heavy atom. The highest BCUT2D eigenvalue weighted by atomic mass is 32.2. The number of rotatable bonds is 4. The summed E-state index contributed by atoms with van der Waals surface area (Å²) in [4.78, 5) is 7.42. The number of oxazole rings is 1. The lowest BCUT2D eigenvalue weighted by Gasteiger charge is -2.04. The van der Waals surface area contributed by atoms with Crippen LogP contribution in [0.25, 0.3) is 10.9 Å². The summed E-state index contributed by atoms with van der Waals surface area (Å²) in [5, 5.41) is 10.7. The molecule has 5 nitrogen and oxygen atoms in total. The quantitative estimate of drug-likeness (QED) is 0.711. The number of benzene rings is 1. The van der Waals surface area contributed by atoms with Crippen LogP contribution < -0.4 is 4.72 Å². The molecule has 2 heterocycles. The summed E-state index contributed by atoms with van der Waals surface area (Å²) in [6.45, 7) is 0. The van der Waals surface area contributed by atoms with Gasteiger partial charge in [0.2, 0.25) is 5.09 Å². The number of nitriles is 1. The normalized spacial score (nSPS) is 14.2. The van der Waals surface area contributed by atoms with Crippen molar-refractivity contribution in [3.8, 4) is 6.07 Å². The van der Waals surface area contributed by atoms with Crippen molar-refractivity contribution in [3.63, 3.8) is 0 Å². The van der Waals surface area contributed by atoms with Crippen LogP contribution in [0.2, 0.25) is 0 Å². The Bertz CT molecular complexity index is 841. The number of aromatic amines is 1. The van der Waals surface area contributed by atoms with Crippen LogP contribution in [0, 0.1) is 11.3 Å². The second-order valence-electron chi connectivity index (χ2n) is 5.04. The van der Waals surface area contributed by atoms with Gasteiger partial charge in [-0.3, -0.25) is 0 Å². The van der Waals surface area contributed by atoms with E-state index in [4.69, 9.17) is 9.68 Å². The smallest absolute Gasteiger partial charge is 0.201 e. The van der Waals surface area contributed by atoms with E-state index < -0.39 is 0 Å². The second-order valence-corrected chi connectivity index (χ2v) is 5.85. The van der Waals surface area contributed by atoms with Gasteiger partial charge in [0.15, 0.2) is 5.89 Å². The third-order valence-corrected chi connectivity index (χ3v) is 4.24. The standard InChI is InChI=1S/C15H12N4OS/c16-6-10-7-17-14-11(10)2-1-3-12(14)19-21-13-8-18-15(20-13)9-4-5-9/h1-3,7-9,17,19H,4-5H2. The monoisotopic (exact) mass is 296 g/mol. The molecular weight excluding hydrogens is 284 g/mol. The molecule has 1 aliphatic carbocycles. The van der Waals surface area contributed by atoms with E-state index in [-0.39, 0.29) is 0 Å². The average molecular weight is 296 g/mol. The molecule has 0 saturated heterocycles. The lowest BCUT2D eigenvalue weighted by atomic mass is 10.2. The number of H-pyrrole nitrogens is 1. The van der Waals surface area contributed by atoms with Gasteiger partial charge in [-0.2, -0.15) is 5.26 Å². The first-order valence-corrected chi connectivity index (χ1v) is 7.55. The highest BCUT2D eigenvalue weighted by Gasteiger charge is 2.28. The molecule has 1 saturated carbocycles. The van der Waals surface area contributed by atoms with Gasteiger partial charge in [0.1, 0.15) is 6.07 Å². The molecule has 2 N–H and O–H groups in total. The largest absolute Gasteiger partial charge is 0.432 e. The van der Waals surface area contributed by atoms with Crippen molar-refractivity contribution in [1.82, 2.24) is 9.97 Å². The number of nitrogens with one attached hydrogen (secondary N) is 2.